The molecule has 0 spiro atoms. The summed E-state index contributed by atoms with van der Waals surface area (Å²) < 4.78 is 0. The molecule has 0 radical (unpaired) electrons. The van der Waals surface area contributed by atoms with E-state index in [-0.39, 0.29) is 35.6 Å². The second kappa shape index (κ2) is 13.8. The van der Waals surface area contributed by atoms with E-state index in [1.54, 1.807) is 12.3 Å². The molecule has 3 amide bonds. The zero-order valence-electron chi connectivity index (χ0n) is 29.1. The summed E-state index contributed by atoms with van der Waals surface area (Å²) >= 11 is 1.52. The van der Waals surface area contributed by atoms with Crippen molar-refractivity contribution < 1.29 is 14.4 Å². The van der Waals surface area contributed by atoms with E-state index in [9.17, 15) is 19.6 Å². The fraction of sp³-hybridized carbons (Fsp3) is 0.405. The first kappa shape index (κ1) is 33.5. The number of anilines is 3. The molecular weight excluding hydrogens is 679 g/mol. The molecule has 3 aliphatic heterocycles. The van der Waals surface area contributed by atoms with Crippen LogP contribution in [0.15, 0.2) is 42.7 Å². The number of rotatable bonds is 7. The van der Waals surface area contributed by atoms with Gasteiger partial charge in [0.05, 0.1) is 39.8 Å². The highest BCUT2D eigenvalue weighted by Gasteiger charge is 2.32. The lowest BCUT2D eigenvalue weighted by atomic mass is 9.91. The summed E-state index contributed by atoms with van der Waals surface area (Å²) in [5.41, 5.74) is 5.72. The number of imide groups is 1. The molecule has 1 aromatic carbocycles. The van der Waals surface area contributed by atoms with Gasteiger partial charge in [-0.2, -0.15) is 5.26 Å². The highest BCUT2D eigenvalue weighted by molar-refractivity contribution is 7.18. The van der Waals surface area contributed by atoms with E-state index in [1.165, 1.54) is 11.3 Å². The lowest BCUT2D eigenvalue weighted by Gasteiger charge is -2.38. The first-order valence-corrected chi connectivity index (χ1v) is 18.6. The topological polar surface area (TPSA) is 176 Å². The monoisotopic (exact) mass is 717 g/mol. The molecule has 8 rings (SSSR count). The maximum absolute atomic E-state index is 13.6. The normalized spacial score (nSPS) is 18.7. The lowest BCUT2D eigenvalue weighted by molar-refractivity contribution is -0.136. The van der Waals surface area contributed by atoms with Crippen LogP contribution in [0, 0.1) is 17.2 Å². The molecule has 4 aromatic heterocycles. The third-order valence-electron chi connectivity index (χ3n) is 10.3. The Morgan fingerprint density at radius 3 is 2.50 bits per heavy atom. The Morgan fingerprint density at radius 2 is 1.79 bits per heavy atom. The molecule has 0 aliphatic carbocycles. The molecule has 7 heterocycles. The van der Waals surface area contributed by atoms with Crippen LogP contribution in [0.1, 0.15) is 56.6 Å². The van der Waals surface area contributed by atoms with E-state index < -0.39 is 0 Å². The Bertz CT molecular complexity index is 2210. The fourth-order valence-electron chi connectivity index (χ4n) is 7.48. The number of nitriles is 1. The van der Waals surface area contributed by atoms with Gasteiger partial charge >= 0.3 is 0 Å². The Hall–Kier alpha value is -5.62. The summed E-state index contributed by atoms with van der Waals surface area (Å²) in [6.07, 6.45) is 5.94. The van der Waals surface area contributed by atoms with Gasteiger partial charge in [-0.25, -0.2) is 4.98 Å². The molecule has 3 fully saturated rings. The van der Waals surface area contributed by atoms with Crippen LogP contribution in [0.4, 0.5) is 16.6 Å². The lowest BCUT2D eigenvalue weighted by Crippen LogP contribution is -2.51. The number of piperazine rings is 1. The number of carbonyl (C=O) groups is 3. The summed E-state index contributed by atoms with van der Waals surface area (Å²) in [7, 11) is 0. The maximum Gasteiger partial charge on any atom is 0.234 e. The molecule has 15 heteroatoms. The fourth-order valence-corrected chi connectivity index (χ4v) is 8.40. The second-order valence-electron chi connectivity index (χ2n) is 14.0. The number of benzene rings is 1. The molecule has 5 aromatic rings. The minimum absolute atomic E-state index is 0.0240. The van der Waals surface area contributed by atoms with Gasteiger partial charge in [-0.1, -0.05) is 17.4 Å². The minimum atomic E-state index is -0.351. The molecular formula is C37H39N11O3S. The average molecular weight is 718 g/mol. The molecule has 266 valence electrons. The third kappa shape index (κ3) is 6.38. The number of nitrogens with one attached hydrogen (secondary N) is 3. The van der Waals surface area contributed by atoms with Crippen LogP contribution < -0.4 is 20.4 Å². The molecule has 52 heavy (non-hydrogen) atoms. The molecule has 3 N–H and O–H groups in total. The zero-order chi connectivity index (χ0) is 35.9. The van der Waals surface area contributed by atoms with E-state index in [4.69, 9.17) is 4.98 Å². The molecule has 3 aliphatic rings. The van der Waals surface area contributed by atoms with Crippen LogP contribution in [0.2, 0.25) is 0 Å². The van der Waals surface area contributed by atoms with E-state index >= 15 is 0 Å². The van der Waals surface area contributed by atoms with Crippen LogP contribution in [0.25, 0.3) is 32.5 Å². The number of aromatic nitrogens is 5. The highest BCUT2D eigenvalue weighted by Crippen LogP contribution is 2.39. The van der Waals surface area contributed by atoms with Crippen LogP contribution in [0.3, 0.4) is 0 Å². The van der Waals surface area contributed by atoms with Crippen molar-refractivity contribution >= 4 is 67.6 Å². The van der Waals surface area contributed by atoms with Crippen molar-refractivity contribution in [1.29, 1.82) is 5.26 Å². The summed E-state index contributed by atoms with van der Waals surface area (Å²) in [6, 6.07) is 11.8. The number of H-pyrrole nitrogens is 1. The van der Waals surface area contributed by atoms with Gasteiger partial charge in [0.25, 0.3) is 0 Å². The zero-order valence-corrected chi connectivity index (χ0v) is 29.9. The van der Waals surface area contributed by atoms with Gasteiger partial charge in [0.15, 0.2) is 5.01 Å². The van der Waals surface area contributed by atoms with Gasteiger partial charge in [0.2, 0.25) is 22.9 Å². The number of aromatic amines is 1. The summed E-state index contributed by atoms with van der Waals surface area (Å²) in [5.74, 6) is 0.188. The number of nitrogens with zero attached hydrogens (tertiary/aromatic N) is 8. The first-order chi connectivity index (χ1) is 25.2. The van der Waals surface area contributed by atoms with Crippen LogP contribution >= 0.6 is 11.3 Å². The van der Waals surface area contributed by atoms with Crippen molar-refractivity contribution in [2.75, 3.05) is 54.4 Å². The summed E-state index contributed by atoms with van der Waals surface area (Å²) in [6.45, 7) is 8.27. The SMILES string of the molecule is CC(C)Nc1c(-c2nnc(N3CCN(C(=O)C4CCN(c5ccc(C6CCC(=O)NC6=O)cn5)CC4)CC3)s2)cnc2c1[nH]c1cc(C#N)ccc12. The van der Waals surface area contributed by atoms with Crippen molar-refractivity contribution in [2.45, 2.75) is 51.5 Å². The van der Waals surface area contributed by atoms with Gasteiger partial charge in [-0.05, 0) is 62.9 Å². The van der Waals surface area contributed by atoms with Gasteiger partial charge in [0, 0.05) is 80.9 Å². The standard InChI is InChI=1S/C37H39N11O3S/c1-21(2)41-32-27(20-40-31-26-5-3-22(18-38)17-28(26)42-33(31)32)35-44-45-37(52-35)48-15-13-47(14-16-48)36(51)23-9-11-46(12-10-23)29-7-4-24(19-39-29)25-6-8-30(49)43-34(25)50/h3-5,7,17,19-21,23,25,42H,6,8-16H2,1-2H3,(H,40,41)(H,43,49,50). The quantitative estimate of drug-likeness (QED) is 0.203. The van der Waals surface area contributed by atoms with Crippen LogP contribution in [-0.2, 0) is 14.4 Å². The highest BCUT2D eigenvalue weighted by atomic mass is 32.1. The Labute approximate surface area is 304 Å². The molecule has 1 unspecified atom stereocenters. The smallest absolute Gasteiger partial charge is 0.234 e. The van der Waals surface area contributed by atoms with Crippen LogP contribution in [-0.4, -0.2) is 93.1 Å². The molecule has 0 saturated carbocycles. The van der Waals surface area contributed by atoms with Gasteiger partial charge < -0.3 is 25.0 Å². The van der Waals surface area contributed by atoms with Crippen molar-refractivity contribution in [3.05, 3.63) is 53.9 Å². The largest absolute Gasteiger partial charge is 0.381 e. The number of hydrogen-bond acceptors (Lipinski definition) is 12. The van der Waals surface area contributed by atoms with Crippen LogP contribution in [0.5, 0.6) is 0 Å². The summed E-state index contributed by atoms with van der Waals surface area (Å²) in [4.78, 5) is 56.7. The van der Waals surface area contributed by atoms with E-state index in [2.05, 4.69) is 60.5 Å². The van der Waals surface area contributed by atoms with E-state index in [0.717, 1.165) is 80.6 Å². The Balaban J connectivity index is 0.886. The number of amides is 3. The van der Waals surface area contributed by atoms with Crippen molar-refractivity contribution in [3.63, 3.8) is 0 Å². The Kier molecular flexibility index (Phi) is 8.92. The van der Waals surface area contributed by atoms with E-state index in [1.807, 2.05) is 35.4 Å². The number of pyridine rings is 2. The molecule has 3 saturated heterocycles. The number of carbonyl (C=O) groups excluding carboxylic acids is 3. The van der Waals surface area contributed by atoms with Crippen molar-refractivity contribution in [1.82, 2.24) is 35.4 Å². The van der Waals surface area contributed by atoms with Gasteiger partial charge in [-0.3, -0.25) is 24.7 Å². The van der Waals surface area contributed by atoms with E-state index in [0.29, 0.717) is 44.6 Å². The first-order valence-electron chi connectivity index (χ1n) is 17.8. The second-order valence-corrected chi connectivity index (χ2v) is 14.9. The molecule has 0 bridgehead atoms. The molecule has 1 atom stereocenters. The van der Waals surface area contributed by atoms with Gasteiger partial charge in [-0.15, -0.1) is 10.2 Å². The predicted molar refractivity (Wildman–Crippen MR) is 199 cm³/mol. The number of piperidine rings is 2. The number of hydrogen-bond donors (Lipinski definition) is 3. The minimum Gasteiger partial charge on any atom is -0.381 e. The predicted octanol–water partition coefficient (Wildman–Crippen LogP) is 4.41. The average Bonchev–Trinajstić information content (AvgIpc) is 3.80. The maximum atomic E-state index is 13.6. The summed E-state index contributed by atoms with van der Waals surface area (Å²) in [5, 5.41) is 27.1. The van der Waals surface area contributed by atoms with Crippen molar-refractivity contribution in [3.8, 4) is 16.6 Å². The third-order valence-corrected chi connectivity index (χ3v) is 11.3. The Morgan fingerprint density at radius 1 is 0.981 bits per heavy atom. The van der Waals surface area contributed by atoms with Gasteiger partial charge in [0.1, 0.15) is 5.82 Å². The van der Waals surface area contributed by atoms with Crippen molar-refractivity contribution in [2.24, 2.45) is 5.92 Å². The number of fused-ring (bicyclic) bond motifs is 3. The molecule has 14 nitrogen and oxygen atoms in total.